The highest BCUT2D eigenvalue weighted by molar-refractivity contribution is 5.95. The van der Waals surface area contributed by atoms with Gasteiger partial charge in [0.1, 0.15) is 5.92 Å². The number of carbonyl (C=O) groups is 2. The molecule has 0 aliphatic carbocycles. The summed E-state index contributed by atoms with van der Waals surface area (Å²) in [5, 5.41) is 20.4. The highest BCUT2D eigenvalue weighted by atomic mass is 16.4. The smallest absolute Gasteiger partial charge is 0.335 e. The van der Waals surface area contributed by atoms with E-state index >= 15 is 0 Å². The maximum atomic E-state index is 11.8. The molecule has 1 aromatic carbocycles. The number of carbonyl (C=O) groups excluding carboxylic acids is 1. The van der Waals surface area contributed by atoms with Gasteiger partial charge in [0.25, 0.3) is 0 Å². The highest BCUT2D eigenvalue weighted by Gasteiger charge is 2.17. The molecule has 0 fully saturated rings. The number of aromatic carboxylic acids is 1. The van der Waals surface area contributed by atoms with Gasteiger partial charge in [-0.25, -0.2) is 4.79 Å². The van der Waals surface area contributed by atoms with Gasteiger partial charge in [-0.3, -0.25) is 4.79 Å². The van der Waals surface area contributed by atoms with E-state index in [1.165, 1.54) is 12.1 Å². The molecule has 0 saturated carbocycles. The van der Waals surface area contributed by atoms with Crippen molar-refractivity contribution in [1.29, 1.82) is 5.26 Å². The lowest BCUT2D eigenvalue weighted by Gasteiger charge is -2.10. The zero-order valence-corrected chi connectivity index (χ0v) is 10.9. The van der Waals surface area contributed by atoms with Crippen molar-refractivity contribution in [1.82, 2.24) is 0 Å². The molecule has 1 unspecified atom stereocenters. The number of rotatable bonds is 5. The molecular weight excluding hydrogens is 244 g/mol. The van der Waals surface area contributed by atoms with E-state index in [4.69, 9.17) is 10.4 Å². The first-order chi connectivity index (χ1) is 8.99. The second kappa shape index (κ2) is 6.55. The molecule has 5 heteroatoms. The largest absolute Gasteiger partial charge is 0.478 e. The fraction of sp³-hybridized carbons (Fsp3) is 0.357. The van der Waals surface area contributed by atoms with Crippen LogP contribution in [-0.4, -0.2) is 17.0 Å². The van der Waals surface area contributed by atoms with Crippen LogP contribution in [0.3, 0.4) is 0 Å². The van der Waals surface area contributed by atoms with Crippen molar-refractivity contribution < 1.29 is 14.7 Å². The molecule has 0 spiro atoms. The fourth-order valence-corrected chi connectivity index (χ4v) is 1.75. The second-order valence-corrected chi connectivity index (χ2v) is 4.29. The van der Waals surface area contributed by atoms with Gasteiger partial charge in [-0.05, 0) is 37.1 Å². The molecule has 1 rings (SSSR count). The van der Waals surface area contributed by atoms with Gasteiger partial charge in [-0.15, -0.1) is 0 Å². The SMILES string of the molecule is CCCC(C#N)C(=O)Nc1ccc(C(=O)O)c(C)c1. The molecule has 1 atom stereocenters. The maximum absolute atomic E-state index is 11.8. The lowest BCUT2D eigenvalue weighted by atomic mass is 10.0. The van der Waals surface area contributed by atoms with Gasteiger partial charge in [0.05, 0.1) is 11.6 Å². The molecule has 1 amide bonds. The first-order valence-electron chi connectivity index (χ1n) is 6.04. The third kappa shape index (κ3) is 3.81. The van der Waals surface area contributed by atoms with E-state index in [-0.39, 0.29) is 11.5 Å². The molecule has 5 nitrogen and oxygen atoms in total. The van der Waals surface area contributed by atoms with Crippen molar-refractivity contribution in [3.05, 3.63) is 29.3 Å². The highest BCUT2D eigenvalue weighted by Crippen LogP contribution is 2.17. The topological polar surface area (TPSA) is 90.2 Å². The Morgan fingerprint density at radius 2 is 2.16 bits per heavy atom. The Labute approximate surface area is 111 Å². The summed E-state index contributed by atoms with van der Waals surface area (Å²) in [5.74, 6) is -2.03. The minimum absolute atomic E-state index is 0.198. The van der Waals surface area contributed by atoms with Crippen LogP contribution < -0.4 is 5.32 Å². The Balaban J connectivity index is 2.84. The normalized spacial score (nSPS) is 11.4. The summed E-state index contributed by atoms with van der Waals surface area (Å²) >= 11 is 0. The van der Waals surface area contributed by atoms with Crippen molar-refractivity contribution in [2.45, 2.75) is 26.7 Å². The van der Waals surface area contributed by atoms with E-state index in [0.29, 0.717) is 17.7 Å². The van der Waals surface area contributed by atoms with E-state index < -0.39 is 11.9 Å². The summed E-state index contributed by atoms with van der Waals surface area (Å²) in [6.07, 6.45) is 1.26. The van der Waals surface area contributed by atoms with Crippen LogP contribution in [-0.2, 0) is 4.79 Å². The standard InChI is InChI=1S/C14H16N2O3/c1-3-4-10(8-15)13(17)16-11-5-6-12(14(18)19)9(2)7-11/h5-7,10H,3-4H2,1-2H3,(H,16,17)(H,18,19). The lowest BCUT2D eigenvalue weighted by Crippen LogP contribution is -2.21. The molecule has 0 heterocycles. The molecule has 0 saturated heterocycles. The minimum atomic E-state index is -1.00. The number of hydrogen-bond acceptors (Lipinski definition) is 3. The number of nitrogens with one attached hydrogen (secondary N) is 1. The predicted molar refractivity (Wildman–Crippen MR) is 70.8 cm³/mol. The fourth-order valence-electron chi connectivity index (χ4n) is 1.75. The van der Waals surface area contributed by atoms with Crippen molar-refractivity contribution in [3.8, 4) is 6.07 Å². The number of nitrogens with zero attached hydrogens (tertiary/aromatic N) is 1. The summed E-state index contributed by atoms with van der Waals surface area (Å²) in [6, 6.07) is 6.51. The summed E-state index contributed by atoms with van der Waals surface area (Å²) in [7, 11) is 0. The number of carboxylic acids is 1. The van der Waals surface area contributed by atoms with Crippen molar-refractivity contribution in [3.63, 3.8) is 0 Å². The van der Waals surface area contributed by atoms with Crippen LogP contribution >= 0.6 is 0 Å². The third-order valence-corrected chi connectivity index (χ3v) is 2.77. The van der Waals surface area contributed by atoms with E-state index in [0.717, 1.165) is 6.42 Å². The Morgan fingerprint density at radius 3 is 2.63 bits per heavy atom. The number of hydrogen-bond donors (Lipinski definition) is 2. The summed E-state index contributed by atoms with van der Waals surface area (Å²) in [6.45, 7) is 3.57. The van der Waals surface area contributed by atoms with E-state index in [1.54, 1.807) is 13.0 Å². The van der Waals surface area contributed by atoms with Crippen LogP contribution in [0.5, 0.6) is 0 Å². The quantitative estimate of drug-likeness (QED) is 0.851. The molecule has 0 bridgehead atoms. The zero-order valence-electron chi connectivity index (χ0n) is 10.9. The molecule has 2 N–H and O–H groups in total. The number of aryl methyl sites for hydroxylation is 1. The number of nitriles is 1. The van der Waals surface area contributed by atoms with E-state index in [1.807, 2.05) is 13.0 Å². The molecule has 100 valence electrons. The van der Waals surface area contributed by atoms with Crippen molar-refractivity contribution >= 4 is 17.6 Å². The molecule has 0 aliphatic heterocycles. The van der Waals surface area contributed by atoms with Gasteiger partial charge in [-0.2, -0.15) is 5.26 Å². The van der Waals surface area contributed by atoms with Gasteiger partial charge in [0.2, 0.25) is 5.91 Å². The monoisotopic (exact) mass is 260 g/mol. The number of benzene rings is 1. The molecule has 1 aromatic rings. The average Bonchev–Trinajstić information content (AvgIpc) is 2.35. The number of amides is 1. The first kappa shape index (κ1) is 14.7. The van der Waals surface area contributed by atoms with Gasteiger partial charge in [0.15, 0.2) is 0 Å². The number of anilines is 1. The number of carboxylic acid groups (broad SMARTS) is 1. The van der Waals surface area contributed by atoms with Crippen molar-refractivity contribution in [2.24, 2.45) is 5.92 Å². The first-order valence-corrected chi connectivity index (χ1v) is 6.04. The summed E-state index contributed by atoms with van der Waals surface area (Å²) < 4.78 is 0. The summed E-state index contributed by atoms with van der Waals surface area (Å²) in [5.41, 5.74) is 1.27. The van der Waals surface area contributed by atoms with E-state index in [2.05, 4.69) is 5.32 Å². The van der Waals surface area contributed by atoms with Gasteiger partial charge in [0, 0.05) is 5.69 Å². The predicted octanol–water partition coefficient (Wildman–Crippen LogP) is 2.57. The Bertz CT molecular complexity index is 532. The molecule has 0 aromatic heterocycles. The van der Waals surface area contributed by atoms with Crippen molar-refractivity contribution in [2.75, 3.05) is 5.32 Å². The Hall–Kier alpha value is -2.35. The molecular formula is C14H16N2O3. The molecule has 19 heavy (non-hydrogen) atoms. The van der Waals surface area contributed by atoms with Crippen LogP contribution in [0.4, 0.5) is 5.69 Å². The van der Waals surface area contributed by atoms with Gasteiger partial charge in [-0.1, -0.05) is 13.3 Å². The second-order valence-electron chi connectivity index (χ2n) is 4.29. The zero-order chi connectivity index (χ0) is 14.4. The van der Waals surface area contributed by atoms with E-state index in [9.17, 15) is 9.59 Å². The van der Waals surface area contributed by atoms with Crippen LogP contribution in [0.1, 0.15) is 35.7 Å². The van der Waals surface area contributed by atoms with Crippen LogP contribution in [0.2, 0.25) is 0 Å². The third-order valence-electron chi connectivity index (χ3n) is 2.77. The van der Waals surface area contributed by atoms with Crippen LogP contribution in [0.15, 0.2) is 18.2 Å². The maximum Gasteiger partial charge on any atom is 0.335 e. The Kier molecular flexibility index (Phi) is 5.07. The Morgan fingerprint density at radius 1 is 1.47 bits per heavy atom. The van der Waals surface area contributed by atoms with Gasteiger partial charge >= 0.3 is 5.97 Å². The molecule has 0 aliphatic rings. The molecule has 0 radical (unpaired) electrons. The van der Waals surface area contributed by atoms with Crippen LogP contribution in [0, 0.1) is 24.2 Å². The average molecular weight is 260 g/mol. The lowest BCUT2D eigenvalue weighted by molar-refractivity contribution is -0.118. The summed E-state index contributed by atoms with van der Waals surface area (Å²) in [4.78, 5) is 22.7. The van der Waals surface area contributed by atoms with Gasteiger partial charge < -0.3 is 10.4 Å². The minimum Gasteiger partial charge on any atom is -0.478 e. The van der Waals surface area contributed by atoms with Crippen LogP contribution in [0.25, 0.3) is 0 Å².